The predicted molar refractivity (Wildman–Crippen MR) is 46.6 cm³/mol. The molecular weight excluding hydrogens is 156 g/mol. The first-order valence-electron chi connectivity index (χ1n) is 4.11. The summed E-state index contributed by atoms with van der Waals surface area (Å²) in [6.07, 6.45) is 2.13. The van der Waals surface area contributed by atoms with E-state index < -0.39 is 12.1 Å². The summed E-state index contributed by atoms with van der Waals surface area (Å²) in [6.45, 7) is 5.85. The second kappa shape index (κ2) is 5.77. The molecule has 0 amide bonds. The Morgan fingerprint density at radius 1 is 1.58 bits per heavy atom. The first-order chi connectivity index (χ1) is 5.57. The Labute approximate surface area is 73.0 Å². The van der Waals surface area contributed by atoms with Crippen molar-refractivity contribution in [2.24, 2.45) is 5.92 Å². The number of hydrogen-bond donors (Lipinski definition) is 1. The van der Waals surface area contributed by atoms with E-state index in [1.807, 2.05) is 13.8 Å². The van der Waals surface area contributed by atoms with Crippen LogP contribution >= 0.6 is 0 Å². The van der Waals surface area contributed by atoms with Crippen molar-refractivity contribution in [3.63, 3.8) is 0 Å². The zero-order valence-corrected chi connectivity index (χ0v) is 7.78. The summed E-state index contributed by atoms with van der Waals surface area (Å²) in [4.78, 5) is 10.7. The zero-order chi connectivity index (χ0) is 9.56. The largest absolute Gasteiger partial charge is 0.463 e. The van der Waals surface area contributed by atoms with Crippen LogP contribution in [0.2, 0.25) is 0 Å². The van der Waals surface area contributed by atoms with Crippen molar-refractivity contribution < 1.29 is 14.6 Å². The molecule has 70 valence electrons. The van der Waals surface area contributed by atoms with Gasteiger partial charge in [-0.3, -0.25) is 0 Å². The van der Waals surface area contributed by atoms with Crippen LogP contribution in [-0.4, -0.2) is 23.8 Å². The fourth-order valence-corrected chi connectivity index (χ4v) is 0.590. The van der Waals surface area contributed by atoms with Gasteiger partial charge in [0.15, 0.2) is 0 Å². The van der Waals surface area contributed by atoms with Crippen molar-refractivity contribution in [3.05, 3.63) is 12.2 Å². The SMILES string of the molecule is CCOC(=O)/C=C/C(O)C(C)C. The van der Waals surface area contributed by atoms with E-state index in [-0.39, 0.29) is 5.92 Å². The molecular formula is C9H16O3. The maximum absolute atomic E-state index is 10.7. The lowest BCUT2D eigenvalue weighted by Gasteiger charge is -2.07. The van der Waals surface area contributed by atoms with Crippen LogP contribution in [0.25, 0.3) is 0 Å². The molecule has 0 aliphatic carbocycles. The summed E-state index contributed by atoms with van der Waals surface area (Å²) < 4.78 is 4.64. The molecule has 0 radical (unpaired) electrons. The molecule has 0 saturated carbocycles. The molecule has 0 rings (SSSR count). The fourth-order valence-electron chi connectivity index (χ4n) is 0.590. The molecule has 0 aromatic carbocycles. The standard InChI is InChI=1S/C9H16O3/c1-4-12-9(11)6-5-8(10)7(2)3/h5-8,10H,4H2,1-3H3/b6-5+. The minimum Gasteiger partial charge on any atom is -0.463 e. The number of carbonyl (C=O) groups is 1. The number of ether oxygens (including phenoxy) is 1. The van der Waals surface area contributed by atoms with Crippen LogP contribution < -0.4 is 0 Å². The highest BCUT2D eigenvalue weighted by molar-refractivity contribution is 5.81. The van der Waals surface area contributed by atoms with E-state index in [0.717, 1.165) is 0 Å². The van der Waals surface area contributed by atoms with Gasteiger partial charge in [-0.1, -0.05) is 13.8 Å². The van der Waals surface area contributed by atoms with Gasteiger partial charge >= 0.3 is 5.97 Å². The Morgan fingerprint density at radius 2 is 2.17 bits per heavy atom. The summed E-state index contributed by atoms with van der Waals surface area (Å²) in [5.41, 5.74) is 0. The molecule has 1 unspecified atom stereocenters. The van der Waals surface area contributed by atoms with Crippen molar-refractivity contribution in [1.82, 2.24) is 0 Å². The highest BCUT2D eigenvalue weighted by Gasteiger charge is 2.04. The molecule has 0 aromatic rings. The molecule has 0 aliphatic rings. The van der Waals surface area contributed by atoms with E-state index in [1.54, 1.807) is 6.92 Å². The summed E-state index contributed by atoms with van der Waals surface area (Å²) in [6, 6.07) is 0. The average molecular weight is 172 g/mol. The molecule has 1 N–H and O–H groups in total. The third-order valence-corrected chi connectivity index (χ3v) is 1.40. The third kappa shape index (κ3) is 4.91. The van der Waals surface area contributed by atoms with E-state index in [9.17, 15) is 9.90 Å². The van der Waals surface area contributed by atoms with E-state index in [4.69, 9.17) is 0 Å². The lowest BCUT2D eigenvalue weighted by molar-refractivity contribution is -0.137. The number of esters is 1. The zero-order valence-electron chi connectivity index (χ0n) is 7.78. The Hall–Kier alpha value is -0.830. The first kappa shape index (κ1) is 11.2. The number of rotatable bonds is 4. The molecule has 0 heterocycles. The molecule has 0 aromatic heterocycles. The van der Waals surface area contributed by atoms with Crippen LogP contribution in [0.3, 0.4) is 0 Å². The normalized spacial score (nSPS) is 13.8. The van der Waals surface area contributed by atoms with Crippen LogP contribution in [0.1, 0.15) is 20.8 Å². The molecule has 0 bridgehead atoms. The van der Waals surface area contributed by atoms with Gasteiger partial charge in [0.25, 0.3) is 0 Å². The highest BCUT2D eigenvalue weighted by Crippen LogP contribution is 2.01. The lowest BCUT2D eigenvalue weighted by Crippen LogP contribution is -2.11. The number of aliphatic hydroxyl groups is 1. The van der Waals surface area contributed by atoms with E-state index >= 15 is 0 Å². The van der Waals surface area contributed by atoms with Crippen molar-refractivity contribution in [1.29, 1.82) is 0 Å². The van der Waals surface area contributed by atoms with Gasteiger partial charge in [0, 0.05) is 6.08 Å². The van der Waals surface area contributed by atoms with Gasteiger partial charge in [0.1, 0.15) is 0 Å². The van der Waals surface area contributed by atoms with Gasteiger partial charge in [0.2, 0.25) is 0 Å². The van der Waals surface area contributed by atoms with E-state index in [0.29, 0.717) is 6.61 Å². The maximum Gasteiger partial charge on any atom is 0.330 e. The molecule has 0 fully saturated rings. The van der Waals surface area contributed by atoms with Gasteiger partial charge in [-0.25, -0.2) is 4.79 Å². The quantitative estimate of drug-likeness (QED) is 0.510. The van der Waals surface area contributed by atoms with Crippen molar-refractivity contribution in [2.45, 2.75) is 26.9 Å². The number of hydrogen-bond acceptors (Lipinski definition) is 3. The summed E-state index contributed by atoms with van der Waals surface area (Å²) >= 11 is 0. The van der Waals surface area contributed by atoms with Crippen LogP contribution in [0, 0.1) is 5.92 Å². The second-order valence-electron chi connectivity index (χ2n) is 2.85. The monoisotopic (exact) mass is 172 g/mol. The Kier molecular flexibility index (Phi) is 5.37. The van der Waals surface area contributed by atoms with Gasteiger partial charge in [-0.2, -0.15) is 0 Å². The van der Waals surface area contributed by atoms with Crippen molar-refractivity contribution in [3.8, 4) is 0 Å². The van der Waals surface area contributed by atoms with Gasteiger partial charge in [-0.05, 0) is 18.9 Å². The molecule has 0 spiro atoms. The summed E-state index contributed by atoms with van der Waals surface area (Å²) in [7, 11) is 0. The topological polar surface area (TPSA) is 46.5 Å². The van der Waals surface area contributed by atoms with Crippen LogP contribution in [0.5, 0.6) is 0 Å². The van der Waals surface area contributed by atoms with Crippen molar-refractivity contribution >= 4 is 5.97 Å². The lowest BCUT2D eigenvalue weighted by atomic mass is 10.1. The molecule has 0 aliphatic heterocycles. The van der Waals surface area contributed by atoms with E-state index in [1.165, 1.54) is 12.2 Å². The van der Waals surface area contributed by atoms with Gasteiger partial charge in [-0.15, -0.1) is 0 Å². The Bertz CT molecular complexity index is 161. The number of aliphatic hydroxyl groups excluding tert-OH is 1. The second-order valence-corrected chi connectivity index (χ2v) is 2.85. The van der Waals surface area contributed by atoms with Crippen LogP contribution in [-0.2, 0) is 9.53 Å². The number of carbonyl (C=O) groups excluding carboxylic acids is 1. The van der Waals surface area contributed by atoms with Gasteiger partial charge in [0.05, 0.1) is 12.7 Å². The van der Waals surface area contributed by atoms with Gasteiger partial charge < -0.3 is 9.84 Å². The molecule has 1 atom stereocenters. The Balaban J connectivity index is 3.81. The van der Waals surface area contributed by atoms with Crippen LogP contribution in [0.15, 0.2) is 12.2 Å². The van der Waals surface area contributed by atoms with Crippen molar-refractivity contribution in [2.75, 3.05) is 6.61 Å². The fraction of sp³-hybridized carbons (Fsp3) is 0.667. The molecule has 12 heavy (non-hydrogen) atoms. The van der Waals surface area contributed by atoms with E-state index in [2.05, 4.69) is 4.74 Å². The smallest absolute Gasteiger partial charge is 0.330 e. The predicted octanol–water partition coefficient (Wildman–Crippen LogP) is 1.12. The maximum atomic E-state index is 10.7. The minimum absolute atomic E-state index is 0.121. The summed E-state index contributed by atoms with van der Waals surface area (Å²) in [5, 5.41) is 9.25. The minimum atomic E-state index is -0.575. The highest BCUT2D eigenvalue weighted by atomic mass is 16.5. The average Bonchev–Trinajstić information content (AvgIpc) is 2.00. The third-order valence-electron chi connectivity index (χ3n) is 1.40. The van der Waals surface area contributed by atoms with Crippen LogP contribution in [0.4, 0.5) is 0 Å². The molecule has 0 saturated heterocycles. The first-order valence-corrected chi connectivity index (χ1v) is 4.11. The molecule has 3 heteroatoms. The Morgan fingerprint density at radius 3 is 2.58 bits per heavy atom. The summed E-state index contributed by atoms with van der Waals surface area (Å²) in [5.74, 6) is -0.284. The molecule has 3 nitrogen and oxygen atoms in total.